The fourth-order valence-electron chi connectivity index (χ4n) is 2.61. The molecule has 6 heteroatoms. The van der Waals surface area contributed by atoms with Gasteiger partial charge in [0, 0.05) is 18.8 Å². The largest absolute Gasteiger partial charge is 0.383 e. The van der Waals surface area contributed by atoms with Crippen LogP contribution in [0.4, 0.5) is 11.4 Å². The number of nitrogens with one attached hydrogen (secondary N) is 1. The number of benzene rings is 1. The number of anilines is 1. The molecular formula is C15H20N4O2. The van der Waals surface area contributed by atoms with Gasteiger partial charge in [-0.05, 0) is 37.5 Å². The maximum atomic E-state index is 11.1. The minimum atomic E-state index is -0.367. The van der Waals surface area contributed by atoms with E-state index in [2.05, 4.69) is 17.3 Å². The zero-order valence-corrected chi connectivity index (χ0v) is 12.8. The summed E-state index contributed by atoms with van der Waals surface area (Å²) in [4.78, 5) is 10.7. The third kappa shape index (κ3) is 2.89. The number of aromatic nitrogens is 2. The molecule has 0 saturated heterocycles. The molecule has 0 bridgehead atoms. The third-order valence-corrected chi connectivity index (χ3v) is 3.75. The summed E-state index contributed by atoms with van der Waals surface area (Å²) in [5, 5.41) is 18.5. The van der Waals surface area contributed by atoms with Crippen molar-refractivity contribution in [3.63, 3.8) is 0 Å². The molecule has 112 valence electrons. The molecule has 0 amide bonds. The molecule has 0 aliphatic carbocycles. The van der Waals surface area contributed by atoms with Gasteiger partial charge in [-0.3, -0.25) is 14.8 Å². The van der Waals surface area contributed by atoms with Crippen LogP contribution in [0.1, 0.15) is 29.4 Å². The Hall–Kier alpha value is -2.37. The Balaban J connectivity index is 2.36. The third-order valence-electron chi connectivity index (χ3n) is 3.75. The Morgan fingerprint density at radius 2 is 2.10 bits per heavy atom. The molecule has 0 atom stereocenters. The van der Waals surface area contributed by atoms with E-state index in [1.165, 1.54) is 5.56 Å². The van der Waals surface area contributed by atoms with E-state index in [-0.39, 0.29) is 10.6 Å². The van der Waals surface area contributed by atoms with Gasteiger partial charge in [0.2, 0.25) is 0 Å². The highest BCUT2D eigenvalue weighted by Crippen LogP contribution is 2.26. The van der Waals surface area contributed by atoms with Crippen LogP contribution in [0.25, 0.3) is 0 Å². The highest BCUT2D eigenvalue weighted by molar-refractivity contribution is 5.62. The SMILES string of the molecule is CCc1c(C)nn(Cc2ccc(NC)c([N+](=O)[O-])c2)c1C. The van der Waals surface area contributed by atoms with Gasteiger partial charge in [-0.1, -0.05) is 13.0 Å². The number of hydrogen-bond acceptors (Lipinski definition) is 4. The average molecular weight is 288 g/mol. The summed E-state index contributed by atoms with van der Waals surface area (Å²) in [5.41, 5.74) is 4.87. The lowest BCUT2D eigenvalue weighted by atomic mass is 10.1. The van der Waals surface area contributed by atoms with E-state index in [0.29, 0.717) is 12.2 Å². The zero-order chi connectivity index (χ0) is 15.6. The van der Waals surface area contributed by atoms with Crippen LogP contribution in [0, 0.1) is 24.0 Å². The van der Waals surface area contributed by atoms with Crippen LogP contribution in [0.2, 0.25) is 0 Å². The Bertz CT molecular complexity index is 677. The predicted molar refractivity (Wildman–Crippen MR) is 82.8 cm³/mol. The van der Waals surface area contributed by atoms with E-state index < -0.39 is 0 Å². The second-order valence-corrected chi connectivity index (χ2v) is 5.02. The Labute approximate surface area is 123 Å². The van der Waals surface area contributed by atoms with Gasteiger partial charge < -0.3 is 5.32 Å². The van der Waals surface area contributed by atoms with Gasteiger partial charge in [-0.15, -0.1) is 0 Å². The van der Waals surface area contributed by atoms with Crippen molar-refractivity contribution in [1.82, 2.24) is 9.78 Å². The highest BCUT2D eigenvalue weighted by atomic mass is 16.6. The Morgan fingerprint density at radius 3 is 2.62 bits per heavy atom. The second-order valence-electron chi connectivity index (χ2n) is 5.02. The molecule has 21 heavy (non-hydrogen) atoms. The van der Waals surface area contributed by atoms with Crippen molar-refractivity contribution in [3.05, 3.63) is 50.8 Å². The molecule has 1 heterocycles. The number of nitro benzene ring substituents is 1. The van der Waals surface area contributed by atoms with Crippen molar-refractivity contribution >= 4 is 11.4 Å². The lowest BCUT2D eigenvalue weighted by Gasteiger charge is -2.07. The first kappa shape index (κ1) is 15.0. The lowest BCUT2D eigenvalue weighted by molar-refractivity contribution is -0.384. The van der Waals surface area contributed by atoms with Crippen molar-refractivity contribution in [1.29, 1.82) is 0 Å². The maximum absolute atomic E-state index is 11.1. The first-order valence-corrected chi connectivity index (χ1v) is 6.95. The van der Waals surface area contributed by atoms with Crippen molar-refractivity contribution in [2.45, 2.75) is 33.7 Å². The number of nitrogens with zero attached hydrogens (tertiary/aromatic N) is 3. The first-order valence-electron chi connectivity index (χ1n) is 6.95. The summed E-state index contributed by atoms with van der Waals surface area (Å²) in [6.07, 6.45) is 0.941. The standard InChI is InChI=1S/C15H20N4O2/c1-5-13-10(2)17-18(11(13)3)9-12-6-7-14(16-4)15(8-12)19(20)21/h6-8,16H,5,9H2,1-4H3. The smallest absolute Gasteiger partial charge is 0.292 e. The van der Waals surface area contributed by atoms with Crippen LogP contribution < -0.4 is 5.32 Å². The second kappa shape index (κ2) is 5.95. The summed E-state index contributed by atoms with van der Waals surface area (Å²) in [5.74, 6) is 0. The van der Waals surface area contributed by atoms with Gasteiger partial charge in [-0.2, -0.15) is 5.10 Å². The van der Waals surface area contributed by atoms with Crippen LogP contribution in [0.15, 0.2) is 18.2 Å². The normalized spacial score (nSPS) is 10.7. The van der Waals surface area contributed by atoms with Crippen molar-refractivity contribution in [2.75, 3.05) is 12.4 Å². The lowest BCUT2D eigenvalue weighted by Crippen LogP contribution is -2.05. The van der Waals surface area contributed by atoms with Gasteiger partial charge in [0.25, 0.3) is 5.69 Å². The summed E-state index contributed by atoms with van der Waals surface area (Å²) in [7, 11) is 1.68. The zero-order valence-electron chi connectivity index (χ0n) is 12.8. The topological polar surface area (TPSA) is 73.0 Å². The van der Waals surface area contributed by atoms with Crippen molar-refractivity contribution < 1.29 is 4.92 Å². The van der Waals surface area contributed by atoms with Crippen molar-refractivity contribution in [3.8, 4) is 0 Å². The monoisotopic (exact) mass is 288 g/mol. The van der Waals surface area contributed by atoms with E-state index in [1.807, 2.05) is 24.6 Å². The molecule has 0 radical (unpaired) electrons. The van der Waals surface area contributed by atoms with Gasteiger partial charge in [0.1, 0.15) is 5.69 Å². The highest BCUT2D eigenvalue weighted by Gasteiger charge is 2.15. The molecular weight excluding hydrogens is 268 g/mol. The number of nitro groups is 1. The molecule has 2 aromatic rings. The number of rotatable bonds is 5. The molecule has 2 rings (SSSR count). The summed E-state index contributed by atoms with van der Waals surface area (Å²) >= 11 is 0. The fourth-order valence-corrected chi connectivity index (χ4v) is 2.61. The van der Waals surface area contributed by atoms with Crippen molar-refractivity contribution in [2.24, 2.45) is 0 Å². The molecule has 0 unspecified atom stereocenters. The first-order chi connectivity index (χ1) is 9.97. The Morgan fingerprint density at radius 1 is 1.38 bits per heavy atom. The molecule has 0 spiro atoms. The summed E-state index contributed by atoms with van der Waals surface area (Å²) in [6, 6.07) is 5.23. The molecule has 0 aliphatic rings. The molecule has 1 aromatic carbocycles. The van der Waals surface area contributed by atoms with Gasteiger partial charge >= 0.3 is 0 Å². The van der Waals surface area contributed by atoms with Gasteiger partial charge in [0.15, 0.2) is 0 Å². The van der Waals surface area contributed by atoms with Gasteiger partial charge in [-0.25, -0.2) is 0 Å². The summed E-state index contributed by atoms with van der Waals surface area (Å²) < 4.78 is 1.91. The van der Waals surface area contributed by atoms with Crippen LogP contribution in [-0.2, 0) is 13.0 Å². The molecule has 0 fully saturated rings. The molecule has 1 N–H and O–H groups in total. The van der Waals surface area contributed by atoms with Crippen LogP contribution >= 0.6 is 0 Å². The maximum Gasteiger partial charge on any atom is 0.292 e. The van der Waals surface area contributed by atoms with E-state index >= 15 is 0 Å². The minimum absolute atomic E-state index is 0.0900. The van der Waals surface area contributed by atoms with Gasteiger partial charge in [0.05, 0.1) is 17.2 Å². The predicted octanol–water partition coefficient (Wildman–Crippen LogP) is 3.06. The van der Waals surface area contributed by atoms with E-state index in [9.17, 15) is 10.1 Å². The molecule has 0 aliphatic heterocycles. The molecule has 0 saturated carbocycles. The minimum Gasteiger partial charge on any atom is -0.383 e. The quantitative estimate of drug-likeness (QED) is 0.678. The van der Waals surface area contributed by atoms with E-state index in [0.717, 1.165) is 23.4 Å². The number of aryl methyl sites for hydroxylation is 1. The van der Waals surface area contributed by atoms with E-state index in [4.69, 9.17) is 0 Å². The van der Waals surface area contributed by atoms with Crippen LogP contribution in [0.3, 0.4) is 0 Å². The van der Waals surface area contributed by atoms with Crippen LogP contribution in [-0.4, -0.2) is 21.8 Å². The average Bonchev–Trinajstić information content (AvgIpc) is 2.72. The van der Waals surface area contributed by atoms with Crippen LogP contribution in [0.5, 0.6) is 0 Å². The molecule has 6 nitrogen and oxygen atoms in total. The molecule has 1 aromatic heterocycles. The number of hydrogen-bond donors (Lipinski definition) is 1. The fraction of sp³-hybridized carbons (Fsp3) is 0.400. The Kier molecular flexibility index (Phi) is 4.26. The summed E-state index contributed by atoms with van der Waals surface area (Å²) in [6.45, 7) is 6.68. The van der Waals surface area contributed by atoms with E-state index in [1.54, 1.807) is 19.2 Å².